The van der Waals surface area contributed by atoms with Crippen molar-refractivity contribution in [2.24, 2.45) is 0 Å². The van der Waals surface area contributed by atoms with E-state index >= 15 is 0 Å². The van der Waals surface area contributed by atoms with Gasteiger partial charge in [-0.15, -0.1) is 0 Å². The molecule has 0 unspecified atom stereocenters. The number of nitrogen functional groups attached to an aromatic ring is 3. The fraction of sp³-hybridized carbons (Fsp3) is 0. The highest BCUT2D eigenvalue weighted by molar-refractivity contribution is 5.33. The molecule has 96 valence electrons. The van der Waals surface area contributed by atoms with E-state index in [1.165, 1.54) is 0 Å². The van der Waals surface area contributed by atoms with Gasteiger partial charge in [-0.2, -0.15) is 15.0 Å². The van der Waals surface area contributed by atoms with Gasteiger partial charge in [0.2, 0.25) is 17.8 Å². The summed E-state index contributed by atoms with van der Waals surface area (Å²) in [5.41, 5.74) is 15.4. The number of anilines is 3. The van der Waals surface area contributed by atoms with Crippen molar-refractivity contribution in [3.05, 3.63) is 30.3 Å². The number of phenolic OH excluding ortho intramolecular Hbond substituents is 1. The maximum absolute atomic E-state index is 8.63. The molecule has 2 aromatic rings. The molecule has 0 amide bonds. The van der Waals surface area contributed by atoms with E-state index in [0.717, 1.165) is 0 Å². The van der Waals surface area contributed by atoms with Crippen LogP contribution >= 0.6 is 0 Å². The van der Waals surface area contributed by atoms with Gasteiger partial charge in [-0.1, -0.05) is 18.2 Å². The molecule has 0 spiro atoms. The van der Waals surface area contributed by atoms with E-state index in [2.05, 4.69) is 15.0 Å². The minimum Gasteiger partial charge on any atom is -0.508 e. The number of aromatic hydroxyl groups is 1. The molecule has 7 N–H and O–H groups in total. The number of para-hydroxylation sites is 1. The number of nitrogens with zero attached hydrogens (tertiary/aromatic N) is 3. The van der Waals surface area contributed by atoms with Gasteiger partial charge in [0.25, 0.3) is 0 Å². The van der Waals surface area contributed by atoms with Crippen molar-refractivity contribution in [3.8, 4) is 5.75 Å². The Bertz CT molecular complexity index is 415. The number of hydrogen-bond acceptors (Lipinski definition) is 8. The molecular weight excluding hydrogens is 236 g/mol. The van der Waals surface area contributed by atoms with E-state index < -0.39 is 0 Å². The second-order valence-corrected chi connectivity index (χ2v) is 2.75. The van der Waals surface area contributed by atoms with Crippen LogP contribution in [0.1, 0.15) is 0 Å². The number of nitrogens with two attached hydrogens (primary N) is 3. The number of phenols is 1. The van der Waals surface area contributed by atoms with Gasteiger partial charge >= 0.3 is 0 Å². The van der Waals surface area contributed by atoms with Gasteiger partial charge < -0.3 is 27.1 Å². The zero-order valence-electron chi connectivity index (χ0n) is 9.52. The molecule has 0 radical (unpaired) electrons. The highest BCUT2D eigenvalue weighted by Gasteiger charge is 1.93. The molecule has 0 aliphatic rings. The average molecular weight is 250 g/mol. The molecule has 0 bridgehead atoms. The quantitative estimate of drug-likeness (QED) is 0.502. The highest BCUT2D eigenvalue weighted by atomic mass is 16.3. The minimum atomic E-state index is 0.0417. The van der Waals surface area contributed by atoms with Crippen LogP contribution in [0.5, 0.6) is 5.75 Å². The van der Waals surface area contributed by atoms with Crippen LogP contribution in [0.4, 0.5) is 17.8 Å². The molecule has 18 heavy (non-hydrogen) atoms. The number of carbonyl (C=O) groups is 1. The average Bonchev–Trinajstić information content (AvgIpc) is 2.31. The Kier molecular flexibility index (Phi) is 6.94. The van der Waals surface area contributed by atoms with Crippen molar-refractivity contribution in [2.75, 3.05) is 17.2 Å². The SMILES string of the molecule is C=O.Nc1nc(N)nc(N)n1.Oc1ccccc1. The van der Waals surface area contributed by atoms with Crippen LogP contribution in [0.25, 0.3) is 0 Å². The van der Waals surface area contributed by atoms with Crippen LogP contribution < -0.4 is 17.2 Å². The van der Waals surface area contributed by atoms with Crippen molar-refractivity contribution >= 4 is 24.6 Å². The molecule has 1 heterocycles. The highest BCUT2D eigenvalue weighted by Crippen LogP contribution is 2.02. The normalized spacial score (nSPS) is 8.22. The lowest BCUT2D eigenvalue weighted by molar-refractivity contribution is -0.0979. The first-order valence-electron chi connectivity index (χ1n) is 4.63. The first-order valence-corrected chi connectivity index (χ1v) is 4.63. The lowest BCUT2D eigenvalue weighted by atomic mass is 10.3. The van der Waals surface area contributed by atoms with Gasteiger partial charge in [-0.3, -0.25) is 0 Å². The monoisotopic (exact) mass is 250 g/mol. The number of aromatic nitrogens is 3. The summed E-state index contributed by atoms with van der Waals surface area (Å²) in [5.74, 6) is 0.447. The largest absolute Gasteiger partial charge is 0.508 e. The Morgan fingerprint density at radius 2 is 1.17 bits per heavy atom. The topological polar surface area (TPSA) is 154 Å². The summed E-state index contributed by atoms with van der Waals surface area (Å²) >= 11 is 0. The van der Waals surface area contributed by atoms with E-state index in [4.69, 9.17) is 27.1 Å². The van der Waals surface area contributed by atoms with E-state index in [0.29, 0.717) is 5.75 Å². The van der Waals surface area contributed by atoms with Crippen LogP contribution in [0.2, 0.25) is 0 Å². The Hall–Kier alpha value is -2.90. The van der Waals surface area contributed by atoms with Crippen LogP contribution in [0.15, 0.2) is 30.3 Å². The first kappa shape index (κ1) is 15.1. The Balaban J connectivity index is 0.000000289. The molecule has 1 aromatic heterocycles. The molecular formula is C10H14N6O2. The lowest BCUT2D eigenvalue weighted by Gasteiger charge is -1.93. The molecule has 8 nitrogen and oxygen atoms in total. The van der Waals surface area contributed by atoms with Crippen molar-refractivity contribution < 1.29 is 9.90 Å². The molecule has 0 saturated heterocycles. The predicted octanol–water partition coefficient (Wildman–Crippen LogP) is -0.174. The standard InChI is InChI=1S/C6H6O.C3H6N6.CH2O/c7-6-4-2-1-3-5-6;4-1-7-2(5)9-3(6)8-1;1-2/h1-5,7H;(H6,4,5,6,7,8,9);1H2. The summed E-state index contributed by atoms with van der Waals surface area (Å²) < 4.78 is 0. The van der Waals surface area contributed by atoms with Crippen molar-refractivity contribution in [1.82, 2.24) is 15.0 Å². The van der Waals surface area contributed by atoms with Gasteiger partial charge in [-0.25, -0.2) is 0 Å². The lowest BCUT2D eigenvalue weighted by Crippen LogP contribution is -2.05. The fourth-order valence-electron chi connectivity index (χ4n) is 0.855. The molecule has 2 rings (SSSR count). The van der Waals surface area contributed by atoms with Crippen molar-refractivity contribution in [3.63, 3.8) is 0 Å². The van der Waals surface area contributed by atoms with Crippen LogP contribution in [-0.2, 0) is 4.79 Å². The van der Waals surface area contributed by atoms with Gasteiger partial charge in [0.15, 0.2) is 0 Å². The van der Waals surface area contributed by atoms with E-state index in [1.54, 1.807) is 24.3 Å². The summed E-state index contributed by atoms with van der Waals surface area (Å²) in [6, 6.07) is 8.71. The minimum absolute atomic E-state index is 0.0417. The summed E-state index contributed by atoms with van der Waals surface area (Å²) in [7, 11) is 0. The van der Waals surface area contributed by atoms with Crippen LogP contribution in [0, 0.1) is 0 Å². The van der Waals surface area contributed by atoms with Gasteiger partial charge in [0, 0.05) is 0 Å². The van der Waals surface area contributed by atoms with Gasteiger partial charge in [0.1, 0.15) is 12.5 Å². The van der Waals surface area contributed by atoms with Gasteiger partial charge in [0.05, 0.1) is 0 Å². The summed E-state index contributed by atoms with van der Waals surface area (Å²) in [6.07, 6.45) is 0. The zero-order chi connectivity index (χ0) is 14.0. The second kappa shape index (κ2) is 8.28. The summed E-state index contributed by atoms with van der Waals surface area (Å²) in [5, 5.41) is 8.63. The maximum atomic E-state index is 8.63. The van der Waals surface area contributed by atoms with Gasteiger partial charge in [-0.05, 0) is 12.1 Å². The summed E-state index contributed by atoms with van der Waals surface area (Å²) in [6.45, 7) is 2.00. The Labute approximate surface area is 103 Å². The maximum Gasteiger partial charge on any atom is 0.226 e. The summed E-state index contributed by atoms with van der Waals surface area (Å²) in [4.78, 5) is 18.5. The fourth-order valence-corrected chi connectivity index (χ4v) is 0.855. The van der Waals surface area contributed by atoms with Crippen LogP contribution in [0.3, 0.4) is 0 Å². The third-order valence-electron chi connectivity index (χ3n) is 1.44. The van der Waals surface area contributed by atoms with Crippen molar-refractivity contribution in [2.45, 2.75) is 0 Å². The Morgan fingerprint density at radius 1 is 0.833 bits per heavy atom. The third kappa shape index (κ3) is 6.56. The number of benzene rings is 1. The molecule has 0 aliphatic heterocycles. The number of carbonyl (C=O) groups excluding carboxylic acids is 1. The number of hydrogen-bond donors (Lipinski definition) is 4. The molecule has 0 saturated carbocycles. The first-order chi connectivity index (χ1) is 8.58. The van der Waals surface area contributed by atoms with Crippen molar-refractivity contribution in [1.29, 1.82) is 0 Å². The third-order valence-corrected chi connectivity index (χ3v) is 1.44. The molecule has 1 aromatic carbocycles. The molecule has 0 aliphatic carbocycles. The van der Waals surface area contributed by atoms with E-state index in [-0.39, 0.29) is 17.8 Å². The molecule has 0 fully saturated rings. The molecule has 0 atom stereocenters. The predicted molar refractivity (Wildman–Crippen MR) is 68.3 cm³/mol. The van der Waals surface area contributed by atoms with E-state index in [9.17, 15) is 0 Å². The Morgan fingerprint density at radius 3 is 1.39 bits per heavy atom. The van der Waals surface area contributed by atoms with E-state index in [1.807, 2.05) is 12.9 Å². The zero-order valence-corrected chi connectivity index (χ0v) is 9.52. The smallest absolute Gasteiger partial charge is 0.226 e. The molecule has 8 heteroatoms. The number of rotatable bonds is 0. The van der Waals surface area contributed by atoms with Crippen LogP contribution in [-0.4, -0.2) is 26.8 Å². The second-order valence-electron chi connectivity index (χ2n) is 2.75.